The van der Waals surface area contributed by atoms with Crippen LogP contribution in [0.5, 0.6) is 0 Å². The first-order chi connectivity index (χ1) is 7.15. The Morgan fingerprint density at radius 2 is 1.80 bits per heavy atom. The Labute approximate surface area is 94.1 Å². The van der Waals surface area contributed by atoms with Gasteiger partial charge in [-0.2, -0.15) is 0 Å². The predicted molar refractivity (Wildman–Crippen MR) is 63.8 cm³/mol. The molecule has 0 radical (unpaired) electrons. The van der Waals surface area contributed by atoms with Gasteiger partial charge in [-0.15, -0.1) is 0 Å². The normalized spacial score (nSPS) is 14.9. The number of hydrogen-bond acceptors (Lipinski definition) is 2. The highest BCUT2D eigenvalue weighted by atomic mass is 16.3. The summed E-state index contributed by atoms with van der Waals surface area (Å²) < 4.78 is 0. The lowest BCUT2D eigenvalue weighted by Gasteiger charge is -2.15. The number of Topliss-reactive ketones (excluding diaryl/α,β-unsaturated/α-hetero) is 1. The molecule has 0 aliphatic carbocycles. The van der Waals surface area contributed by atoms with Crippen molar-refractivity contribution in [3.05, 3.63) is 0 Å². The lowest BCUT2D eigenvalue weighted by molar-refractivity contribution is -0.128. The Hall–Kier alpha value is -0.370. The second-order valence-electron chi connectivity index (χ2n) is 4.39. The van der Waals surface area contributed by atoms with Gasteiger partial charge in [-0.25, -0.2) is 0 Å². The summed E-state index contributed by atoms with van der Waals surface area (Å²) in [6, 6.07) is 0. The fourth-order valence-corrected chi connectivity index (χ4v) is 1.80. The SMILES string of the molecule is CCCCC(CC)CC(=O)C(O)CCC. The molecule has 0 saturated carbocycles. The zero-order valence-electron chi connectivity index (χ0n) is 10.5. The summed E-state index contributed by atoms with van der Waals surface area (Å²) in [5.74, 6) is 0.517. The van der Waals surface area contributed by atoms with E-state index in [1.807, 2.05) is 6.92 Å². The molecule has 0 aromatic rings. The number of aliphatic hydroxyl groups excluding tert-OH is 1. The molecule has 0 saturated heterocycles. The van der Waals surface area contributed by atoms with Crippen LogP contribution in [0.3, 0.4) is 0 Å². The number of rotatable bonds is 9. The van der Waals surface area contributed by atoms with Crippen molar-refractivity contribution in [3.63, 3.8) is 0 Å². The van der Waals surface area contributed by atoms with Crippen LogP contribution in [0, 0.1) is 5.92 Å². The topological polar surface area (TPSA) is 37.3 Å². The Morgan fingerprint density at radius 1 is 1.13 bits per heavy atom. The number of aliphatic hydroxyl groups is 1. The van der Waals surface area contributed by atoms with Gasteiger partial charge in [0, 0.05) is 6.42 Å². The van der Waals surface area contributed by atoms with Gasteiger partial charge >= 0.3 is 0 Å². The lowest BCUT2D eigenvalue weighted by atomic mass is 9.91. The summed E-state index contributed by atoms with van der Waals surface area (Å²) in [6.07, 6.45) is 5.88. The number of ketones is 1. The highest BCUT2D eigenvalue weighted by molar-refractivity contribution is 5.82. The van der Waals surface area contributed by atoms with Crippen molar-refractivity contribution < 1.29 is 9.90 Å². The minimum Gasteiger partial charge on any atom is -0.385 e. The monoisotopic (exact) mass is 214 g/mol. The van der Waals surface area contributed by atoms with Gasteiger partial charge in [0.05, 0.1) is 0 Å². The highest BCUT2D eigenvalue weighted by Gasteiger charge is 2.18. The Morgan fingerprint density at radius 3 is 2.27 bits per heavy atom. The van der Waals surface area contributed by atoms with Gasteiger partial charge in [-0.3, -0.25) is 4.79 Å². The molecule has 0 heterocycles. The smallest absolute Gasteiger partial charge is 0.161 e. The van der Waals surface area contributed by atoms with E-state index in [0.717, 1.165) is 19.3 Å². The largest absolute Gasteiger partial charge is 0.385 e. The van der Waals surface area contributed by atoms with E-state index in [-0.39, 0.29) is 5.78 Å². The average molecular weight is 214 g/mol. The van der Waals surface area contributed by atoms with Gasteiger partial charge in [0.15, 0.2) is 5.78 Å². The second-order valence-corrected chi connectivity index (χ2v) is 4.39. The third-order valence-electron chi connectivity index (χ3n) is 2.97. The van der Waals surface area contributed by atoms with Crippen LogP contribution in [-0.4, -0.2) is 17.0 Å². The van der Waals surface area contributed by atoms with Gasteiger partial charge in [0.25, 0.3) is 0 Å². The molecule has 2 unspecified atom stereocenters. The first-order valence-electron chi connectivity index (χ1n) is 6.36. The van der Waals surface area contributed by atoms with E-state index in [2.05, 4.69) is 13.8 Å². The molecule has 0 aliphatic heterocycles. The van der Waals surface area contributed by atoms with Crippen LogP contribution in [0.1, 0.15) is 65.7 Å². The molecular formula is C13H26O2. The third-order valence-corrected chi connectivity index (χ3v) is 2.97. The van der Waals surface area contributed by atoms with E-state index >= 15 is 0 Å². The average Bonchev–Trinajstić information content (AvgIpc) is 2.24. The second kappa shape index (κ2) is 8.90. The standard InChI is InChI=1S/C13H26O2/c1-4-7-9-11(6-3)10-13(15)12(14)8-5-2/h11-12,14H,4-10H2,1-3H3. The Bertz CT molecular complexity index is 166. The highest BCUT2D eigenvalue weighted by Crippen LogP contribution is 2.18. The maximum atomic E-state index is 11.6. The fraction of sp³-hybridized carbons (Fsp3) is 0.923. The molecule has 2 heteroatoms. The van der Waals surface area contributed by atoms with E-state index in [0.29, 0.717) is 18.8 Å². The van der Waals surface area contributed by atoms with E-state index < -0.39 is 6.10 Å². The number of carbonyl (C=O) groups is 1. The van der Waals surface area contributed by atoms with Crippen molar-refractivity contribution in [1.29, 1.82) is 0 Å². The molecule has 0 bridgehead atoms. The van der Waals surface area contributed by atoms with Crippen LogP contribution < -0.4 is 0 Å². The molecule has 15 heavy (non-hydrogen) atoms. The Balaban J connectivity index is 3.88. The van der Waals surface area contributed by atoms with Crippen molar-refractivity contribution in [2.24, 2.45) is 5.92 Å². The maximum Gasteiger partial charge on any atom is 0.161 e. The molecular weight excluding hydrogens is 188 g/mol. The van der Waals surface area contributed by atoms with Crippen molar-refractivity contribution in [2.45, 2.75) is 71.8 Å². The van der Waals surface area contributed by atoms with Gasteiger partial charge in [0.2, 0.25) is 0 Å². The minimum absolute atomic E-state index is 0.0415. The van der Waals surface area contributed by atoms with Crippen LogP contribution in [0.25, 0.3) is 0 Å². The van der Waals surface area contributed by atoms with Crippen LogP contribution >= 0.6 is 0 Å². The molecule has 1 N–H and O–H groups in total. The van der Waals surface area contributed by atoms with Crippen molar-refractivity contribution in [1.82, 2.24) is 0 Å². The van der Waals surface area contributed by atoms with Crippen LogP contribution in [0.15, 0.2) is 0 Å². The molecule has 0 aromatic carbocycles. The van der Waals surface area contributed by atoms with Gasteiger partial charge in [-0.05, 0) is 12.3 Å². The molecule has 90 valence electrons. The van der Waals surface area contributed by atoms with E-state index in [1.165, 1.54) is 12.8 Å². The molecule has 2 atom stereocenters. The number of unbranched alkanes of at least 4 members (excludes halogenated alkanes) is 1. The van der Waals surface area contributed by atoms with Crippen LogP contribution in [-0.2, 0) is 4.79 Å². The first-order valence-corrected chi connectivity index (χ1v) is 6.36. The third kappa shape index (κ3) is 6.67. The van der Waals surface area contributed by atoms with Gasteiger partial charge < -0.3 is 5.11 Å². The Kier molecular flexibility index (Phi) is 8.68. The fourth-order valence-electron chi connectivity index (χ4n) is 1.80. The summed E-state index contributed by atoms with van der Waals surface area (Å²) in [7, 11) is 0. The van der Waals surface area contributed by atoms with Crippen LogP contribution in [0.2, 0.25) is 0 Å². The van der Waals surface area contributed by atoms with Crippen LogP contribution in [0.4, 0.5) is 0 Å². The predicted octanol–water partition coefficient (Wildman–Crippen LogP) is 3.32. The van der Waals surface area contributed by atoms with E-state index in [9.17, 15) is 9.90 Å². The zero-order chi connectivity index (χ0) is 11.7. The molecule has 0 amide bonds. The number of carbonyl (C=O) groups excluding carboxylic acids is 1. The number of hydrogen-bond donors (Lipinski definition) is 1. The summed E-state index contributed by atoms with van der Waals surface area (Å²) in [5.41, 5.74) is 0. The first kappa shape index (κ1) is 14.6. The minimum atomic E-state index is -0.717. The summed E-state index contributed by atoms with van der Waals surface area (Å²) in [5, 5.41) is 9.54. The molecule has 0 aliphatic rings. The molecule has 2 nitrogen and oxygen atoms in total. The van der Waals surface area contributed by atoms with Crippen molar-refractivity contribution >= 4 is 5.78 Å². The quantitative estimate of drug-likeness (QED) is 0.639. The van der Waals surface area contributed by atoms with E-state index in [1.54, 1.807) is 0 Å². The van der Waals surface area contributed by atoms with Gasteiger partial charge in [-0.1, -0.05) is 52.9 Å². The van der Waals surface area contributed by atoms with Crippen molar-refractivity contribution in [3.8, 4) is 0 Å². The summed E-state index contributed by atoms with van der Waals surface area (Å²) in [4.78, 5) is 11.6. The maximum absolute atomic E-state index is 11.6. The molecule has 0 aromatic heterocycles. The van der Waals surface area contributed by atoms with E-state index in [4.69, 9.17) is 0 Å². The molecule has 0 rings (SSSR count). The summed E-state index contributed by atoms with van der Waals surface area (Å²) in [6.45, 7) is 6.28. The zero-order valence-corrected chi connectivity index (χ0v) is 10.5. The summed E-state index contributed by atoms with van der Waals surface area (Å²) >= 11 is 0. The van der Waals surface area contributed by atoms with Gasteiger partial charge in [0.1, 0.15) is 6.10 Å². The lowest BCUT2D eigenvalue weighted by Crippen LogP contribution is -2.22. The molecule has 0 fully saturated rings. The molecule has 0 spiro atoms. The van der Waals surface area contributed by atoms with Crippen molar-refractivity contribution in [2.75, 3.05) is 0 Å².